The number of amides is 3. The van der Waals surface area contributed by atoms with Gasteiger partial charge in [0.1, 0.15) is 23.9 Å². The number of phenols is 1. The van der Waals surface area contributed by atoms with Crippen molar-refractivity contribution >= 4 is 36.3 Å². The lowest BCUT2D eigenvalue weighted by atomic mass is 9.99. The number of carboxylic acid groups (broad SMARTS) is 1. The Hall–Kier alpha value is -2.79. The molecular weight excluding hydrogens is 472 g/mol. The normalized spacial score (nSPS) is 14.6. The number of rotatable bonds is 14. The summed E-state index contributed by atoms with van der Waals surface area (Å²) >= 11 is 4.01. The van der Waals surface area contributed by atoms with Gasteiger partial charge in [-0.1, -0.05) is 39.8 Å². The lowest BCUT2D eigenvalue weighted by molar-refractivity contribution is -0.142. The minimum atomic E-state index is -1.17. The summed E-state index contributed by atoms with van der Waals surface area (Å²) in [5.74, 6) is -2.76. The van der Waals surface area contributed by atoms with Gasteiger partial charge in [0.25, 0.3) is 0 Å². The first-order valence-corrected chi connectivity index (χ1v) is 12.3. The first-order chi connectivity index (χ1) is 16.3. The number of nitrogens with two attached hydrogens (primary N) is 1. The number of phenolic OH excluding ortho intramolecular Hbond substituents is 1. The second kappa shape index (κ2) is 14.6. The Bertz CT molecular complexity index is 862. The van der Waals surface area contributed by atoms with Gasteiger partial charge in [-0.15, -0.1) is 0 Å². The maximum atomic E-state index is 13.2. The molecule has 0 aliphatic heterocycles. The third-order valence-corrected chi connectivity index (χ3v) is 5.60. The Morgan fingerprint density at radius 1 is 0.829 bits per heavy atom. The Balaban J connectivity index is 3.15. The summed E-state index contributed by atoms with van der Waals surface area (Å²) in [6.45, 7) is 7.45. The van der Waals surface area contributed by atoms with Gasteiger partial charge < -0.3 is 31.9 Å². The molecule has 7 N–H and O–H groups in total. The van der Waals surface area contributed by atoms with E-state index in [2.05, 4.69) is 28.6 Å². The van der Waals surface area contributed by atoms with E-state index in [1.807, 2.05) is 27.7 Å². The molecule has 0 spiro atoms. The van der Waals surface area contributed by atoms with Crippen molar-refractivity contribution in [2.75, 3.05) is 5.75 Å². The van der Waals surface area contributed by atoms with Gasteiger partial charge in [-0.05, 0) is 42.4 Å². The third-order valence-electron chi connectivity index (χ3n) is 5.20. The van der Waals surface area contributed by atoms with Gasteiger partial charge in [-0.2, -0.15) is 12.6 Å². The molecule has 0 saturated carbocycles. The number of aromatic hydroxyl groups is 1. The predicted octanol–water partition coefficient (Wildman–Crippen LogP) is 0.823. The van der Waals surface area contributed by atoms with Crippen molar-refractivity contribution in [3.63, 3.8) is 0 Å². The van der Waals surface area contributed by atoms with E-state index in [1.54, 1.807) is 12.1 Å². The van der Waals surface area contributed by atoms with Crippen LogP contribution in [0.2, 0.25) is 0 Å². The van der Waals surface area contributed by atoms with Gasteiger partial charge in [-0.25, -0.2) is 4.79 Å². The highest BCUT2D eigenvalue weighted by molar-refractivity contribution is 7.80. The standard InChI is InChI=1S/C24H38N4O6S/c1-13(2)9-18(26-21(30)17(25)12-35)22(31)27-19(11-15-5-7-16(29)8-6-15)23(32)28-20(24(33)34)10-14(3)4/h5-8,13-14,17-20,29,35H,9-12,25H2,1-4H3,(H,26,30)(H,27,31)(H,28,32)(H,33,34). The van der Waals surface area contributed by atoms with E-state index in [1.165, 1.54) is 12.1 Å². The minimum Gasteiger partial charge on any atom is -0.508 e. The van der Waals surface area contributed by atoms with Crippen LogP contribution in [0.3, 0.4) is 0 Å². The van der Waals surface area contributed by atoms with Crippen LogP contribution in [0.1, 0.15) is 46.1 Å². The Labute approximate surface area is 211 Å². The number of benzene rings is 1. The van der Waals surface area contributed by atoms with Crippen molar-refractivity contribution in [1.29, 1.82) is 0 Å². The molecular formula is C24H38N4O6S. The highest BCUT2D eigenvalue weighted by Crippen LogP contribution is 2.13. The summed E-state index contributed by atoms with van der Waals surface area (Å²) in [5.41, 5.74) is 6.36. The Morgan fingerprint density at radius 3 is 1.77 bits per heavy atom. The van der Waals surface area contributed by atoms with Crippen molar-refractivity contribution in [1.82, 2.24) is 16.0 Å². The molecule has 0 aliphatic carbocycles. The molecule has 35 heavy (non-hydrogen) atoms. The second-order valence-electron chi connectivity index (χ2n) is 9.44. The van der Waals surface area contributed by atoms with Crippen LogP contribution in [0.25, 0.3) is 0 Å². The van der Waals surface area contributed by atoms with Crippen LogP contribution in [-0.2, 0) is 25.6 Å². The third kappa shape index (κ3) is 11.0. The lowest BCUT2D eigenvalue weighted by Gasteiger charge is -2.26. The van der Waals surface area contributed by atoms with Crippen LogP contribution >= 0.6 is 12.6 Å². The number of carboxylic acids is 1. The van der Waals surface area contributed by atoms with Crippen LogP contribution in [0.15, 0.2) is 24.3 Å². The van der Waals surface area contributed by atoms with Crippen molar-refractivity contribution < 1.29 is 29.4 Å². The van der Waals surface area contributed by atoms with E-state index in [4.69, 9.17) is 5.73 Å². The molecule has 11 heteroatoms. The number of thiol groups is 1. The number of nitrogens with one attached hydrogen (secondary N) is 3. The molecule has 10 nitrogen and oxygen atoms in total. The van der Waals surface area contributed by atoms with E-state index in [-0.39, 0.29) is 36.2 Å². The van der Waals surface area contributed by atoms with Crippen LogP contribution in [0, 0.1) is 11.8 Å². The Morgan fingerprint density at radius 2 is 1.29 bits per heavy atom. The fourth-order valence-corrected chi connectivity index (χ4v) is 3.54. The zero-order valence-corrected chi connectivity index (χ0v) is 21.5. The van der Waals surface area contributed by atoms with Crippen molar-refractivity contribution in [3.05, 3.63) is 29.8 Å². The maximum absolute atomic E-state index is 13.2. The molecule has 0 aliphatic rings. The number of hydrogen-bond acceptors (Lipinski definition) is 7. The number of carbonyl (C=O) groups excluding carboxylic acids is 3. The molecule has 0 heterocycles. The van der Waals surface area contributed by atoms with Gasteiger partial charge in [-0.3, -0.25) is 14.4 Å². The predicted molar refractivity (Wildman–Crippen MR) is 136 cm³/mol. The van der Waals surface area contributed by atoms with E-state index < -0.39 is 47.9 Å². The molecule has 196 valence electrons. The SMILES string of the molecule is CC(C)CC(NC(=O)C(Cc1ccc(O)cc1)NC(=O)C(CC(C)C)NC(=O)C(N)CS)C(=O)O. The zero-order chi connectivity index (χ0) is 26.7. The molecule has 0 saturated heterocycles. The summed E-state index contributed by atoms with van der Waals surface area (Å²) in [6, 6.07) is 2.01. The van der Waals surface area contributed by atoms with Gasteiger partial charge in [0.15, 0.2) is 0 Å². The molecule has 0 bridgehead atoms. The average Bonchev–Trinajstić information content (AvgIpc) is 2.77. The topological polar surface area (TPSA) is 171 Å². The Kier molecular flexibility index (Phi) is 12.6. The largest absolute Gasteiger partial charge is 0.508 e. The van der Waals surface area contributed by atoms with Crippen LogP contribution in [0.5, 0.6) is 5.75 Å². The molecule has 0 aromatic heterocycles. The maximum Gasteiger partial charge on any atom is 0.326 e. The molecule has 3 amide bonds. The van der Waals surface area contributed by atoms with E-state index in [0.717, 1.165) is 0 Å². The monoisotopic (exact) mass is 510 g/mol. The molecule has 4 atom stereocenters. The second-order valence-corrected chi connectivity index (χ2v) is 9.81. The molecule has 0 radical (unpaired) electrons. The fraction of sp³-hybridized carbons (Fsp3) is 0.583. The molecule has 0 fully saturated rings. The van der Waals surface area contributed by atoms with E-state index >= 15 is 0 Å². The van der Waals surface area contributed by atoms with Gasteiger partial charge in [0, 0.05) is 12.2 Å². The van der Waals surface area contributed by atoms with Gasteiger partial charge >= 0.3 is 5.97 Å². The highest BCUT2D eigenvalue weighted by atomic mass is 32.1. The summed E-state index contributed by atoms with van der Waals surface area (Å²) in [6.07, 6.45) is 0.564. The van der Waals surface area contributed by atoms with Crippen molar-refractivity contribution in [3.8, 4) is 5.75 Å². The smallest absolute Gasteiger partial charge is 0.326 e. The average molecular weight is 511 g/mol. The van der Waals surface area contributed by atoms with E-state index in [9.17, 15) is 29.4 Å². The lowest BCUT2D eigenvalue weighted by Crippen LogP contribution is -2.58. The van der Waals surface area contributed by atoms with Crippen LogP contribution in [0.4, 0.5) is 0 Å². The molecule has 1 aromatic rings. The van der Waals surface area contributed by atoms with Crippen molar-refractivity contribution in [2.24, 2.45) is 17.6 Å². The van der Waals surface area contributed by atoms with Gasteiger partial charge in [0.05, 0.1) is 6.04 Å². The van der Waals surface area contributed by atoms with Crippen LogP contribution in [-0.4, -0.2) is 63.8 Å². The summed E-state index contributed by atoms with van der Waals surface area (Å²) in [5, 5.41) is 26.9. The highest BCUT2D eigenvalue weighted by Gasteiger charge is 2.31. The first kappa shape index (κ1) is 30.2. The molecule has 4 unspecified atom stereocenters. The number of carbonyl (C=O) groups is 4. The number of hydrogen-bond donors (Lipinski definition) is 7. The number of aliphatic carboxylic acids is 1. The minimum absolute atomic E-state index is 0.0169. The summed E-state index contributed by atoms with van der Waals surface area (Å²) in [4.78, 5) is 50.2. The fourth-order valence-electron chi connectivity index (χ4n) is 3.38. The summed E-state index contributed by atoms with van der Waals surface area (Å²) in [7, 11) is 0. The van der Waals surface area contributed by atoms with Crippen LogP contribution < -0.4 is 21.7 Å². The quantitative estimate of drug-likeness (QED) is 0.182. The molecule has 1 aromatic carbocycles. The summed E-state index contributed by atoms with van der Waals surface area (Å²) < 4.78 is 0. The van der Waals surface area contributed by atoms with Gasteiger partial charge in [0.2, 0.25) is 17.7 Å². The van der Waals surface area contributed by atoms with Crippen molar-refractivity contribution in [2.45, 2.75) is 71.1 Å². The zero-order valence-electron chi connectivity index (χ0n) is 20.7. The molecule has 1 rings (SSSR count). The first-order valence-electron chi connectivity index (χ1n) is 11.6. The van der Waals surface area contributed by atoms with E-state index in [0.29, 0.717) is 12.0 Å².